The van der Waals surface area contributed by atoms with Crippen LogP contribution in [0.5, 0.6) is 11.6 Å². The van der Waals surface area contributed by atoms with Crippen molar-refractivity contribution in [3.05, 3.63) is 51.8 Å². The van der Waals surface area contributed by atoms with Crippen LogP contribution in [0.1, 0.15) is 37.4 Å². The van der Waals surface area contributed by atoms with Crippen molar-refractivity contribution < 1.29 is 13.9 Å². The summed E-state index contributed by atoms with van der Waals surface area (Å²) in [5, 5.41) is 11.4. The Morgan fingerprint density at radius 2 is 2.21 bits per heavy atom. The van der Waals surface area contributed by atoms with E-state index in [4.69, 9.17) is 21.1 Å². The van der Waals surface area contributed by atoms with Crippen molar-refractivity contribution in [2.75, 3.05) is 25.1 Å². The number of alkyl halides is 1. The summed E-state index contributed by atoms with van der Waals surface area (Å²) in [4.78, 5) is 17.0. The third-order valence-electron chi connectivity index (χ3n) is 5.76. The minimum Gasteiger partial charge on any atom is -0.435 e. The van der Waals surface area contributed by atoms with Gasteiger partial charge in [0.05, 0.1) is 49.2 Å². The minimum absolute atomic E-state index is 0.0117. The molecule has 3 aromatic rings. The van der Waals surface area contributed by atoms with Gasteiger partial charge in [-0.1, -0.05) is 11.6 Å². The molecule has 1 N–H and O–H groups in total. The Bertz CT molecular complexity index is 1200. The number of ether oxygens (including phenoxy) is 2. The first-order chi connectivity index (χ1) is 15.9. The van der Waals surface area contributed by atoms with Crippen molar-refractivity contribution in [1.82, 2.24) is 24.5 Å². The minimum atomic E-state index is -1.50. The number of aromatic nitrogens is 5. The summed E-state index contributed by atoms with van der Waals surface area (Å²) in [6.45, 7) is 2.45. The lowest BCUT2D eigenvalue weighted by Crippen LogP contribution is -2.40. The van der Waals surface area contributed by atoms with Gasteiger partial charge in [-0.05, 0) is 38.7 Å². The molecule has 2 aliphatic rings. The summed E-state index contributed by atoms with van der Waals surface area (Å²) in [5.74, 6) is 1.02. The number of nitrogens with zero attached hydrogens (tertiary/aromatic N) is 5. The van der Waals surface area contributed by atoms with Crippen LogP contribution in [0, 0.1) is 6.92 Å². The molecule has 0 unspecified atom stereocenters. The van der Waals surface area contributed by atoms with Crippen molar-refractivity contribution in [3.63, 3.8) is 0 Å². The van der Waals surface area contributed by atoms with Crippen LogP contribution in [0.25, 0.3) is 5.69 Å². The van der Waals surface area contributed by atoms with Gasteiger partial charge in [0.15, 0.2) is 11.4 Å². The van der Waals surface area contributed by atoms with E-state index in [-0.39, 0.29) is 23.9 Å². The number of halogens is 2. The first-order valence-electron chi connectivity index (χ1n) is 10.9. The van der Waals surface area contributed by atoms with Gasteiger partial charge in [0.25, 0.3) is 5.56 Å². The highest BCUT2D eigenvalue weighted by Crippen LogP contribution is 2.36. The molecule has 1 atom stereocenters. The molecule has 5 rings (SSSR count). The molecule has 1 saturated heterocycles. The highest BCUT2D eigenvalue weighted by atomic mass is 35.5. The summed E-state index contributed by atoms with van der Waals surface area (Å²) in [6.07, 6.45) is 8.07. The highest BCUT2D eigenvalue weighted by molar-refractivity contribution is 6.32. The number of nitrogens with one attached hydrogen (secondary N) is 1. The maximum atomic E-state index is 14.7. The lowest BCUT2D eigenvalue weighted by Gasteiger charge is -2.29. The molecular formula is C22H24ClFN6O3. The molecule has 0 bridgehead atoms. The van der Waals surface area contributed by atoms with E-state index in [0.29, 0.717) is 42.8 Å². The van der Waals surface area contributed by atoms with Crippen LogP contribution in [0.4, 0.5) is 10.1 Å². The standard InChI is InChI=1S/C22H24ClFN6O3/c1-14-18(11-29(28-14)15-3-4-15)33-19-6-5-16(9-25-19)30-21(31)20(23)17(10-27-30)26-12-22(24)7-2-8-32-13-22/h5-6,9-11,15,26H,2-4,7-8,12-13H2,1H3/t22-/m0/s1. The Kier molecular flexibility index (Phi) is 5.79. The smallest absolute Gasteiger partial charge is 0.292 e. The zero-order chi connectivity index (χ0) is 23.0. The molecule has 3 aromatic heterocycles. The fourth-order valence-electron chi connectivity index (χ4n) is 3.71. The Balaban J connectivity index is 1.29. The third kappa shape index (κ3) is 4.72. The molecule has 11 heteroatoms. The lowest BCUT2D eigenvalue weighted by atomic mass is 9.99. The van der Waals surface area contributed by atoms with Gasteiger partial charge in [-0.2, -0.15) is 14.9 Å². The summed E-state index contributed by atoms with van der Waals surface area (Å²) in [5.41, 5.74) is -0.545. The van der Waals surface area contributed by atoms with Crippen LogP contribution in [0.2, 0.25) is 5.02 Å². The molecule has 9 nitrogen and oxygen atoms in total. The summed E-state index contributed by atoms with van der Waals surface area (Å²) >= 11 is 6.26. The number of aryl methyl sites for hydroxylation is 1. The van der Waals surface area contributed by atoms with Crippen LogP contribution in [-0.2, 0) is 4.74 Å². The second-order valence-corrected chi connectivity index (χ2v) is 8.87. The van der Waals surface area contributed by atoms with Crippen molar-refractivity contribution >= 4 is 17.3 Å². The zero-order valence-electron chi connectivity index (χ0n) is 18.1. The van der Waals surface area contributed by atoms with Gasteiger partial charge in [-0.3, -0.25) is 9.48 Å². The van der Waals surface area contributed by atoms with Crippen LogP contribution < -0.4 is 15.6 Å². The molecule has 1 aliphatic carbocycles. The van der Waals surface area contributed by atoms with E-state index >= 15 is 0 Å². The Morgan fingerprint density at radius 1 is 1.36 bits per heavy atom. The summed E-state index contributed by atoms with van der Waals surface area (Å²) in [6, 6.07) is 3.77. The van der Waals surface area contributed by atoms with Crippen LogP contribution >= 0.6 is 11.6 Å². The number of rotatable bonds is 7. The quantitative estimate of drug-likeness (QED) is 0.555. The topological polar surface area (TPSA) is 96.1 Å². The number of pyridine rings is 1. The van der Waals surface area contributed by atoms with E-state index in [2.05, 4.69) is 20.5 Å². The summed E-state index contributed by atoms with van der Waals surface area (Å²) in [7, 11) is 0. The fourth-order valence-corrected chi connectivity index (χ4v) is 3.91. The number of hydrogen-bond donors (Lipinski definition) is 1. The average molecular weight is 475 g/mol. The second-order valence-electron chi connectivity index (χ2n) is 8.50. The molecule has 33 heavy (non-hydrogen) atoms. The lowest BCUT2D eigenvalue weighted by molar-refractivity contribution is -0.0234. The molecule has 0 spiro atoms. The molecular weight excluding hydrogens is 451 g/mol. The van der Waals surface area contributed by atoms with Gasteiger partial charge in [0.1, 0.15) is 10.7 Å². The Hall–Kier alpha value is -2.98. The van der Waals surface area contributed by atoms with Crippen molar-refractivity contribution in [3.8, 4) is 17.3 Å². The zero-order valence-corrected chi connectivity index (χ0v) is 18.9. The first kappa shape index (κ1) is 21.8. The van der Waals surface area contributed by atoms with Crippen molar-refractivity contribution in [2.45, 2.75) is 44.3 Å². The van der Waals surface area contributed by atoms with Gasteiger partial charge in [0.2, 0.25) is 5.88 Å². The predicted molar refractivity (Wildman–Crippen MR) is 120 cm³/mol. The number of hydrogen-bond acceptors (Lipinski definition) is 7. The van der Waals surface area contributed by atoms with E-state index in [1.807, 2.05) is 17.8 Å². The fraction of sp³-hybridized carbons (Fsp3) is 0.455. The molecule has 1 saturated carbocycles. The van der Waals surface area contributed by atoms with Crippen molar-refractivity contribution in [1.29, 1.82) is 0 Å². The molecule has 174 valence electrons. The van der Waals surface area contributed by atoms with E-state index in [1.165, 1.54) is 12.4 Å². The van der Waals surface area contributed by atoms with Gasteiger partial charge < -0.3 is 14.8 Å². The van der Waals surface area contributed by atoms with Crippen molar-refractivity contribution in [2.24, 2.45) is 0 Å². The highest BCUT2D eigenvalue weighted by Gasteiger charge is 2.32. The van der Waals surface area contributed by atoms with E-state index < -0.39 is 11.2 Å². The van der Waals surface area contributed by atoms with Gasteiger partial charge in [-0.25, -0.2) is 9.37 Å². The molecule has 4 heterocycles. The van der Waals surface area contributed by atoms with Crippen LogP contribution in [0.3, 0.4) is 0 Å². The number of anilines is 1. The largest absolute Gasteiger partial charge is 0.435 e. The molecule has 0 amide bonds. The maximum Gasteiger partial charge on any atom is 0.292 e. The van der Waals surface area contributed by atoms with Crippen LogP contribution in [0.15, 0.2) is 35.5 Å². The Morgan fingerprint density at radius 3 is 2.91 bits per heavy atom. The summed E-state index contributed by atoms with van der Waals surface area (Å²) < 4.78 is 28.9. The molecule has 0 aromatic carbocycles. The van der Waals surface area contributed by atoms with Gasteiger partial charge >= 0.3 is 0 Å². The van der Waals surface area contributed by atoms with E-state index in [9.17, 15) is 9.18 Å². The van der Waals surface area contributed by atoms with E-state index in [1.54, 1.807) is 12.1 Å². The van der Waals surface area contributed by atoms with E-state index in [0.717, 1.165) is 23.2 Å². The molecule has 0 radical (unpaired) electrons. The normalized spacial score (nSPS) is 20.6. The second kappa shape index (κ2) is 8.75. The third-order valence-corrected chi connectivity index (χ3v) is 6.13. The molecule has 1 aliphatic heterocycles. The SMILES string of the molecule is Cc1nn(C2CC2)cc1Oc1ccc(-n2ncc(NC[C@@]3(F)CCCOC3)c(Cl)c2=O)cn1. The van der Waals surface area contributed by atoms with Gasteiger partial charge in [-0.15, -0.1) is 0 Å². The predicted octanol–water partition coefficient (Wildman–Crippen LogP) is 3.84. The average Bonchev–Trinajstić information content (AvgIpc) is 3.60. The Labute approximate surface area is 194 Å². The first-order valence-corrected chi connectivity index (χ1v) is 11.3. The monoisotopic (exact) mass is 474 g/mol. The maximum absolute atomic E-state index is 14.7. The van der Waals surface area contributed by atoms with Gasteiger partial charge in [0, 0.05) is 12.7 Å². The van der Waals surface area contributed by atoms with Crippen LogP contribution in [-0.4, -0.2) is 50.0 Å². The molecule has 2 fully saturated rings.